The van der Waals surface area contributed by atoms with E-state index in [9.17, 15) is 10.2 Å². The van der Waals surface area contributed by atoms with Gasteiger partial charge in [0.05, 0.1) is 88.8 Å². The third kappa shape index (κ3) is 15.6. The minimum atomic E-state index is -0.138. The molecule has 0 unspecified atom stereocenters. The van der Waals surface area contributed by atoms with E-state index in [0.29, 0.717) is 0 Å². The molecule has 0 aliphatic carbocycles. The van der Waals surface area contributed by atoms with Crippen molar-refractivity contribution in [2.24, 2.45) is 0 Å². The van der Waals surface area contributed by atoms with Gasteiger partial charge < -0.3 is 29.0 Å². The smallest absolute Gasteiger partial charge is 0.261 e. The molecule has 0 bridgehead atoms. The fourth-order valence-corrected chi connectivity index (χ4v) is 12.1. The summed E-state index contributed by atoms with van der Waals surface area (Å²) in [5.74, 6) is 2.40. The van der Waals surface area contributed by atoms with Gasteiger partial charge in [0, 0.05) is 75.4 Å². The van der Waals surface area contributed by atoms with E-state index >= 15 is 0 Å². The van der Waals surface area contributed by atoms with Crippen molar-refractivity contribution in [2.75, 3.05) is 102 Å². The van der Waals surface area contributed by atoms with Crippen LogP contribution in [0.5, 0.6) is 0 Å². The number of hydrogen-bond donors (Lipinski definition) is 2. The maximum absolute atomic E-state index is 9.82. The van der Waals surface area contributed by atoms with Crippen LogP contribution in [0.2, 0.25) is 0 Å². The summed E-state index contributed by atoms with van der Waals surface area (Å²) in [6.45, 7) is 10.7. The molecule has 0 spiro atoms. The lowest BCUT2D eigenvalue weighted by molar-refractivity contribution is -0.888. The highest BCUT2D eigenvalue weighted by Crippen LogP contribution is 2.25. The molecule has 2 aliphatic heterocycles. The Morgan fingerprint density at radius 1 is 0.567 bits per heavy atom. The Labute approximate surface area is 377 Å². The molecule has 0 atom stereocenters. The minimum Gasteiger partial charge on any atom is -0.393 e. The first-order valence-electron chi connectivity index (χ1n) is 22.3. The summed E-state index contributed by atoms with van der Waals surface area (Å²) in [7, 11) is 13.7. The van der Waals surface area contributed by atoms with Crippen LogP contribution < -0.4 is 18.9 Å². The van der Waals surface area contributed by atoms with E-state index in [0.717, 1.165) is 73.9 Å². The van der Waals surface area contributed by atoms with Gasteiger partial charge in [-0.15, -0.1) is 0 Å². The Kier molecular flexibility index (Phi) is 18.5. The zero-order valence-corrected chi connectivity index (χ0v) is 40.0. The largest absolute Gasteiger partial charge is 0.393 e. The number of benzene rings is 2. The first kappa shape index (κ1) is 46.8. The Bertz CT molecular complexity index is 1750. The van der Waals surface area contributed by atoms with E-state index in [1.54, 1.807) is 0 Å². The van der Waals surface area contributed by atoms with Crippen molar-refractivity contribution < 1.29 is 28.3 Å². The molecule has 2 aromatic heterocycles. The number of rotatable bonds is 23. The molecular formula is C48H72N6O2S4+4. The number of piperidine rings is 2. The van der Waals surface area contributed by atoms with Gasteiger partial charge in [-0.3, -0.25) is 0 Å². The first-order valence-corrected chi connectivity index (χ1v) is 26.5. The fourth-order valence-electron chi connectivity index (χ4n) is 8.00. The standard InChI is InChI=1S/C48H72N6O2S4/c1-53(2,33-7-5-25-51-31-37-57-47(51)19-13-41-9-15-43(16-10-41)49-27-21-45(55)22-28-49)35-39-59-60-40-36-54(3,4)34-8-6-26-52-32-38-58-48(52)20-14-42-11-17-44(18-12-42)50-29-23-46(56)24-30-50/h9-20,31-32,37-38,45-46,55-56H,5-8,21-30,33-36,39-40H2,1-4H3/q+4. The number of anilines is 2. The highest BCUT2D eigenvalue weighted by atomic mass is 33.1. The predicted octanol–water partition coefficient (Wildman–Crippen LogP) is 8.44. The number of quaternary nitrogens is 2. The Morgan fingerprint density at radius 3 is 1.33 bits per heavy atom. The highest BCUT2D eigenvalue weighted by molar-refractivity contribution is 8.76. The fraction of sp³-hybridized carbons (Fsp3) is 0.542. The van der Waals surface area contributed by atoms with Crippen LogP contribution in [0.4, 0.5) is 11.4 Å². The normalized spacial score (nSPS) is 16.2. The molecular weight excluding hydrogens is 821 g/mol. The molecule has 2 aromatic carbocycles. The monoisotopic (exact) mass is 892 g/mol. The molecule has 2 saturated heterocycles. The van der Waals surface area contributed by atoms with Crippen LogP contribution in [0.3, 0.4) is 0 Å². The van der Waals surface area contributed by atoms with Gasteiger partial charge in [0.15, 0.2) is 12.4 Å². The Hall–Kier alpha value is -2.68. The molecule has 0 saturated carbocycles. The molecule has 326 valence electrons. The molecule has 4 heterocycles. The summed E-state index contributed by atoms with van der Waals surface area (Å²) >= 11 is 3.62. The lowest BCUT2D eigenvalue weighted by Crippen LogP contribution is -2.43. The maximum Gasteiger partial charge on any atom is 0.261 e. The third-order valence-electron chi connectivity index (χ3n) is 12.2. The molecule has 60 heavy (non-hydrogen) atoms. The number of thiazole rings is 2. The van der Waals surface area contributed by atoms with Crippen LogP contribution in [-0.2, 0) is 13.1 Å². The molecule has 0 radical (unpaired) electrons. The van der Waals surface area contributed by atoms with Crippen molar-refractivity contribution in [1.29, 1.82) is 0 Å². The van der Waals surface area contributed by atoms with Gasteiger partial charge in [-0.25, -0.2) is 0 Å². The quantitative estimate of drug-likeness (QED) is 0.0338. The van der Waals surface area contributed by atoms with E-state index in [4.69, 9.17) is 0 Å². The molecule has 2 aliphatic rings. The molecule has 8 nitrogen and oxygen atoms in total. The van der Waals surface area contributed by atoms with E-state index in [1.165, 1.54) is 95.9 Å². The van der Waals surface area contributed by atoms with E-state index in [2.05, 4.69) is 165 Å². The second-order valence-corrected chi connectivity index (χ2v) is 22.5. The van der Waals surface area contributed by atoms with Crippen LogP contribution in [0, 0.1) is 0 Å². The van der Waals surface area contributed by atoms with Crippen molar-refractivity contribution in [3.63, 3.8) is 0 Å². The second kappa shape index (κ2) is 23.7. The Balaban J connectivity index is 0.797. The van der Waals surface area contributed by atoms with Crippen LogP contribution in [0.25, 0.3) is 24.3 Å². The number of aliphatic hydroxyl groups excluding tert-OH is 2. The topological polar surface area (TPSA) is 54.7 Å². The van der Waals surface area contributed by atoms with Crippen LogP contribution in [0.15, 0.2) is 71.7 Å². The summed E-state index contributed by atoms with van der Waals surface area (Å²) in [6, 6.07) is 17.7. The number of aromatic nitrogens is 2. The molecule has 0 amide bonds. The summed E-state index contributed by atoms with van der Waals surface area (Å²) in [5.41, 5.74) is 4.96. The second-order valence-electron chi connectivity index (χ2n) is 18.0. The van der Waals surface area contributed by atoms with Gasteiger partial charge in [-0.2, -0.15) is 9.13 Å². The van der Waals surface area contributed by atoms with E-state index in [-0.39, 0.29) is 12.2 Å². The van der Waals surface area contributed by atoms with Crippen molar-refractivity contribution >= 4 is 79.9 Å². The van der Waals surface area contributed by atoms with Crippen molar-refractivity contribution in [1.82, 2.24) is 0 Å². The SMILES string of the molecule is C[N+](C)(CCCC[n+]1ccsc1/C=C/c1ccc(N2CCC(O)CC2)cc1)CCSSCC[N+](C)(C)CCCC[n+]1ccsc1/C=C/c1ccc(N2CCC(O)CC2)cc1. The van der Waals surface area contributed by atoms with Gasteiger partial charge in [0.25, 0.3) is 10.0 Å². The van der Waals surface area contributed by atoms with Crippen LogP contribution in [-0.4, -0.2) is 123 Å². The third-order valence-corrected chi connectivity index (χ3v) is 16.3. The van der Waals surface area contributed by atoms with Gasteiger partial charge in [0.2, 0.25) is 0 Å². The van der Waals surface area contributed by atoms with Gasteiger partial charge in [-0.1, -0.05) is 68.5 Å². The van der Waals surface area contributed by atoms with Crippen LogP contribution >= 0.6 is 44.3 Å². The number of nitrogens with zero attached hydrogens (tertiary/aromatic N) is 6. The zero-order chi connectivity index (χ0) is 42.2. The molecule has 12 heteroatoms. The number of unbranched alkanes of at least 4 members (excludes halogenated alkanes) is 2. The predicted molar refractivity (Wildman–Crippen MR) is 262 cm³/mol. The molecule has 6 rings (SSSR count). The zero-order valence-electron chi connectivity index (χ0n) is 36.7. The average molecular weight is 893 g/mol. The van der Waals surface area contributed by atoms with Gasteiger partial charge in [0.1, 0.15) is 13.1 Å². The Morgan fingerprint density at radius 2 is 0.950 bits per heavy atom. The minimum absolute atomic E-state index is 0.138. The number of aryl methyl sites for hydroxylation is 2. The van der Waals surface area contributed by atoms with E-state index < -0.39 is 0 Å². The lowest BCUT2D eigenvalue weighted by Gasteiger charge is -2.31. The summed E-state index contributed by atoms with van der Waals surface area (Å²) < 4.78 is 6.99. The van der Waals surface area contributed by atoms with Crippen LogP contribution in [0.1, 0.15) is 72.5 Å². The van der Waals surface area contributed by atoms with Gasteiger partial charge >= 0.3 is 0 Å². The number of aliphatic hydroxyl groups is 2. The molecule has 4 aromatic rings. The summed E-state index contributed by atoms with van der Waals surface area (Å²) in [4.78, 5) is 4.76. The maximum atomic E-state index is 9.82. The van der Waals surface area contributed by atoms with Gasteiger partial charge in [-0.05, 0) is 73.2 Å². The van der Waals surface area contributed by atoms with Crippen molar-refractivity contribution in [2.45, 2.75) is 76.7 Å². The lowest BCUT2D eigenvalue weighted by atomic mass is 10.1. The average Bonchev–Trinajstić information content (AvgIpc) is 3.91. The molecule has 2 fully saturated rings. The first-order chi connectivity index (χ1) is 29.0. The highest BCUT2D eigenvalue weighted by Gasteiger charge is 2.20. The number of hydrogen-bond acceptors (Lipinski definition) is 8. The summed E-state index contributed by atoms with van der Waals surface area (Å²) in [5, 5.41) is 26.7. The van der Waals surface area contributed by atoms with Crippen molar-refractivity contribution in [3.8, 4) is 0 Å². The summed E-state index contributed by atoms with van der Waals surface area (Å²) in [6.07, 6.45) is 21.5. The molecule has 2 N–H and O–H groups in total. The van der Waals surface area contributed by atoms with E-state index in [1.807, 2.05) is 22.7 Å². The van der Waals surface area contributed by atoms with Crippen molar-refractivity contribution in [3.05, 3.63) is 92.8 Å².